The quantitative estimate of drug-likeness (QED) is 0.784. The smallest absolute Gasteiger partial charge is 0.255 e. The van der Waals surface area contributed by atoms with Gasteiger partial charge in [0.25, 0.3) is 5.91 Å². The van der Waals surface area contributed by atoms with Gasteiger partial charge in [-0.3, -0.25) is 4.79 Å². The molecule has 1 rings (SSSR count). The lowest BCUT2D eigenvalue weighted by Crippen LogP contribution is -2.38. The van der Waals surface area contributed by atoms with Crippen LogP contribution >= 0.6 is 15.9 Å². The molecule has 0 spiro atoms. The van der Waals surface area contributed by atoms with Crippen LogP contribution in [0.5, 0.6) is 0 Å². The van der Waals surface area contributed by atoms with Gasteiger partial charge in [-0.15, -0.1) is 0 Å². The van der Waals surface area contributed by atoms with E-state index in [9.17, 15) is 4.79 Å². The van der Waals surface area contributed by atoms with E-state index in [0.29, 0.717) is 12.1 Å². The molecule has 0 aliphatic heterocycles. The number of alkyl halides is 1. The fourth-order valence-electron chi connectivity index (χ4n) is 1.27. The number of aromatic nitrogens is 2. The van der Waals surface area contributed by atoms with Crippen molar-refractivity contribution in [3.63, 3.8) is 0 Å². The Hall–Kier alpha value is -0.970. The standard InChI is InChI=1S/C10H14BrN3O/c1-8(2)14(6-4-11)10(15)9-3-5-12-13-7-9/h3,5,7-8H,4,6H2,1-2H3. The predicted octanol–water partition coefficient (Wildman–Crippen LogP) is 1.72. The molecule has 1 amide bonds. The normalized spacial score (nSPS) is 10.4. The highest BCUT2D eigenvalue weighted by Gasteiger charge is 2.17. The summed E-state index contributed by atoms with van der Waals surface area (Å²) in [5.74, 6) is -0.000602. The zero-order chi connectivity index (χ0) is 11.3. The maximum Gasteiger partial charge on any atom is 0.255 e. The second kappa shape index (κ2) is 5.80. The highest BCUT2D eigenvalue weighted by atomic mass is 79.9. The van der Waals surface area contributed by atoms with Crippen molar-refractivity contribution in [1.82, 2.24) is 15.1 Å². The number of carbonyl (C=O) groups excluding carboxylic acids is 1. The molecule has 1 aromatic heterocycles. The molecule has 0 fully saturated rings. The second-order valence-electron chi connectivity index (χ2n) is 3.41. The predicted molar refractivity (Wildman–Crippen MR) is 62.0 cm³/mol. The molecule has 0 bridgehead atoms. The van der Waals surface area contributed by atoms with Crippen molar-refractivity contribution in [2.24, 2.45) is 0 Å². The van der Waals surface area contributed by atoms with Crippen molar-refractivity contribution in [2.45, 2.75) is 19.9 Å². The Labute approximate surface area is 97.8 Å². The van der Waals surface area contributed by atoms with E-state index < -0.39 is 0 Å². The highest BCUT2D eigenvalue weighted by molar-refractivity contribution is 9.09. The van der Waals surface area contributed by atoms with E-state index in [-0.39, 0.29) is 11.9 Å². The summed E-state index contributed by atoms with van der Waals surface area (Å²) in [4.78, 5) is 13.8. The molecule has 0 aliphatic carbocycles. The van der Waals surface area contributed by atoms with Crippen molar-refractivity contribution in [1.29, 1.82) is 0 Å². The van der Waals surface area contributed by atoms with Gasteiger partial charge in [-0.05, 0) is 19.9 Å². The number of hydrogen-bond donors (Lipinski definition) is 0. The van der Waals surface area contributed by atoms with Gasteiger partial charge in [0.15, 0.2) is 0 Å². The lowest BCUT2D eigenvalue weighted by atomic mass is 10.2. The van der Waals surface area contributed by atoms with Gasteiger partial charge in [0.1, 0.15) is 0 Å². The molecule has 0 N–H and O–H groups in total. The molecule has 4 nitrogen and oxygen atoms in total. The molecule has 0 atom stereocenters. The topological polar surface area (TPSA) is 46.1 Å². The van der Waals surface area contributed by atoms with Gasteiger partial charge in [-0.1, -0.05) is 15.9 Å². The van der Waals surface area contributed by atoms with Gasteiger partial charge in [0, 0.05) is 17.9 Å². The van der Waals surface area contributed by atoms with Crippen LogP contribution in [0.15, 0.2) is 18.5 Å². The molecule has 1 aromatic rings. The Morgan fingerprint density at radius 3 is 2.73 bits per heavy atom. The van der Waals surface area contributed by atoms with Crippen LogP contribution in [0.4, 0.5) is 0 Å². The molecule has 0 saturated heterocycles. The van der Waals surface area contributed by atoms with Gasteiger partial charge in [-0.2, -0.15) is 10.2 Å². The van der Waals surface area contributed by atoms with Gasteiger partial charge < -0.3 is 4.90 Å². The van der Waals surface area contributed by atoms with Crippen molar-refractivity contribution >= 4 is 21.8 Å². The van der Waals surface area contributed by atoms with E-state index in [1.807, 2.05) is 13.8 Å². The van der Waals surface area contributed by atoms with Crippen molar-refractivity contribution in [3.05, 3.63) is 24.0 Å². The van der Waals surface area contributed by atoms with E-state index in [2.05, 4.69) is 26.1 Å². The Morgan fingerprint density at radius 2 is 2.27 bits per heavy atom. The molecule has 5 heteroatoms. The number of carbonyl (C=O) groups is 1. The number of nitrogens with zero attached hydrogens (tertiary/aromatic N) is 3. The summed E-state index contributed by atoms with van der Waals surface area (Å²) in [5, 5.41) is 8.12. The number of rotatable bonds is 4. The maximum atomic E-state index is 12.0. The first kappa shape index (κ1) is 12.1. The molecule has 1 heterocycles. The number of halogens is 1. The van der Waals surface area contributed by atoms with Crippen LogP contribution in [0.25, 0.3) is 0 Å². The van der Waals surface area contributed by atoms with Crippen LogP contribution < -0.4 is 0 Å². The van der Waals surface area contributed by atoms with E-state index >= 15 is 0 Å². The Balaban J connectivity index is 2.81. The van der Waals surface area contributed by atoms with Crippen LogP contribution in [0, 0.1) is 0 Å². The third-order valence-electron chi connectivity index (χ3n) is 2.04. The fraction of sp³-hybridized carbons (Fsp3) is 0.500. The lowest BCUT2D eigenvalue weighted by Gasteiger charge is -2.25. The molecular formula is C10H14BrN3O. The minimum Gasteiger partial charge on any atom is -0.335 e. The molecule has 0 saturated carbocycles. The second-order valence-corrected chi connectivity index (χ2v) is 4.21. The van der Waals surface area contributed by atoms with Crippen molar-refractivity contribution in [2.75, 3.05) is 11.9 Å². The van der Waals surface area contributed by atoms with Crippen LogP contribution in [-0.2, 0) is 0 Å². The molecule has 0 radical (unpaired) electrons. The average Bonchev–Trinajstić information content (AvgIpc) is 2.26. The molecule has 0 aliphatic rings. The molecular weight excluding hydrogens is 258 g/mol. The third kappa shape index (κ3) is 3.27. The van der Waals surface area contributed by atoms with E-state index in [1.54, 1.807) is 11.0 Å². The molecule has 0 aromatic carbocycles. The summed E-state index contributed by atoms with van der Waals surface area (Å²) in [5.41, 5.74) is 0.583. The van der Waals surface area contributed by atoms with Crippen LogP contribution in [0.3, 0.4) is 0 Å². The summed E-state index contributed by atoms with van der Waals surface area (Å²) in [7, 11) is 0. The zero-order valence-electron chi connectivity index (χ0n) is 8.85. The van der Waals surface area contributed by atoms with Gasteiger partial charge in [0.2, 0.25) is 0 Å². The minimum atomic E-state index is -0.000602. The molecule has 15 heavy (non-hydrogen) atoms. The van der Waals surface area contributed by atoms with Gasteiger partial charge in [-0.25, -0.2) is 0 Å². The van der Waals surface area contributed by atoms with Crippen LogP contribution in [0.1, 0.15) is 24.2 Å². The van der Waals surface area contributed by atoms with Crippen molar-refractivity contribution in [3.8, 4) is 0 Å². The monoisotopic (exact) mass is 271 g/mol. The summed E-state index contributed by atoms with van der Waals surface area (Å²) in [6.45, 7) is 4.68. The largest absolute Gasteiger partial charge is 0.335 e. The highest BCUT2D eigenvalue weighted by Crippen LogP contribution is 2.07. The summed E-state index contributed by atoms with van der Waals surface area (Å²) < 4.78 is 0. The zero-order valence-corrected chi connectivity index (χ0v) is 10.4. The Kier molecular flexibility index (Phi) is 4.68. The van der Waals surface area contributed by atoms with Crippen molar-refractivity contribution < 1.29 is 4.79 Å². The Bertz CT molecular complexity index is 316. The molecule has 82 valence electrons. The first-order valence-electron chi connectivity index (χ1n) is 4.80. The summed E-state index contributed by atoms with van der Waals surface area (Å²) in [6, 6.07) is 1.86. The van der Waals surface area contributed by atoms with E-state index in [0.717, 1.165) is 5.33 Å². The Morgan fingerprint density at radius 1 is 1.53 bits per heavy atom. The van der Waals surface area contributed by atoms with E-state index in [1.165, 1.54) is 12.4 Å². The minimum absolute atomic E-state index is 0.000602. The maximum absolute atomic E-state index is 12.0. The number of hydrogen-bond acceptors (Lipinski definition) is 3. The first-order chi connectivity index (χ1) is 7.16. The molecule has 0 unspecified atom stereocenters. The van der Waals surface area contributed by atoms with E-state index in [4.69, 9.17) is 0 Å². The van der Waals surface area contributed by atoms with Crippen LogP contribution in [0.2, 0.25) is 0 Å². The summed E-state index contributed by atoms with van der Waals surface area (Å²) in [6.07, 6.45) is 3.02. The fourth-order valence-corrected chi connectivity index (χ4v) is 1.65. The first-order valence-corrected chi connectivity index (χ1v) is 5.92. The van der Waals surface area contributed by atoms with Gasteiger partial charge in [0.05, 0.1) is 18.0 Å². The van der Waals surface area contributed by atoms with Gasteiger partial charge >= 0.3 is 0 Å². The summed E-state index contributed by atoms with van der Waals surface area (Å²) >= 11 is 3.34. The van der Waals surface area contributed by atoms with Crippen LogP contribution in [-0.4, -0.2) is 38.9 Å². The average molecular weight is 272 g/mol. The number of amides is 1. The SMILES string of the molecule is CC(C)N(CCBr)C(=O)c1ccnnc1. The lowest BCUT2D eigenvalue weighted by molar-refractivity contribution is 0.0718. The third-order valence-corrected chi connectivity index (χ3v) is 2.40.